The van der Waals surface area contributed by atoms with Crippen molar-refractivity contribution >= 4 is 16.0 Å². The fraction of sp³-hybridized carbons (Fsp3) is 0.273. The number of carbonyl (C=O) groups is 1. The minimum atomic E-state index is -3.52. The minimum absolute atomic E-state index is 0.102. The number of aromatic nitrogens is 1. The van der Waals surface area contributed by atoms with Crippen molar-refractivity contribution in [2.75, 3.05) is 20.2 Å². The van der Waals surface area contributed by atoms with Crippen molar-refractivity contribution in [1.29, 1.82) is 0 Å². The number of hydrogen-bond acceptors (Lipinski definition) is 7. The molecule has 1 fully saturated rings. The maximum Gasteiger partial charge on any atom is 0.338 e. The van der Waals surface area contributed by atoms with E-state index in [-0.39, 0.29) is 17.1 Å². The molecule has 162 valence electrons. The van der Waals surface area contributed by atoms with Gasteiger partial charge in [-0.1, -0.05) is 17.3 Å². The van der Waals surface area contributed by atoms with E-state index in [9.17, 15) is 13.2 Å². The molecule has 0 bridgehead atoms. The van der Waals surface area contributed by atoms with Crippen molar-refractivity contribution in [3.8, 4) is 17.0 Å². The van der Waals surface area contributed by atoms with Crippen molar-refractivity contribution in [3.63, 3.8) is 0 Å². The smallest absolute Gasteiger partial charge is 0.338 e. The maximum atomic E-state index is 12.6. The molecule has 0 aliphatic carbocycles. The van der Waals surface area contributed by atoms with Gasteiger partial charge in [-0.3, -0.25) is 0 Å². The molecule has 0 unspecified atom stereocenters. The highest BCUT2D eigenvalue weighted by Crippen LogP contribution is 2.29. The Morgan fingerprint density at radius 3 is 2.52 bits per heavy atom. The molecule has 31 heavy (non-hydrogen) atoms. The molecule has 1 aromatic heterocycles. The molecule has 2 heterocycles. The van der Waals surface area contributed by atoms with Crippen LogP contribution in [-0.2, 0) is 21.4 Å². The topological polar surface area (TPSA) is 98.9 Å². The van der Waals surface area contributed by atoms with E-state index in [1.165, 1.54) is 28.6 Å². The van der Waals surface area contributed by atoms with E-state index in [4.69, 9.17) is 14.0 Å². The zero-order valence-corrected chi connectivity index (χ0v) is 17.8. The van der Waals surface area contributed by atoms with Crippen LogP contribution in [0, 0.1) is 0 Å². The monoisotopic (exact) mass is 442 g/mol. The van der Waals surface area contributed by atoms with Crippen molar-refractivity contribution in [2.45, 2.75) is 24.3 Å². The second-order valence-corrected chi connectivity index (χ2v) is 9.03. The van der Waals surface area contributed by atoms with Gasteiger partial charge in [-0.15, -0.1) is 0 Å². The van der Waals surface area contributed by atoms with Crippen molar-refractivity contribution in [3.05, 3.63) is 65.9 Å². The second kappa shape index (κ2) is 8.91. The molecule has 0 spiro atoms. The summed E-state index contributed by atoms with van der Waals surface area (Å²) in [5.41, 5.74) is 1.59. The molecule has 9 heteroatoms. The number of para-hydroxylation sites is 1. The van der Waals surface area contributed by atoms with Crippen LogP contribution >= 0.6 is 0 Å². The van der Waals surface area contributed by atoms with Crippen LogP contribution in [0.3, 0.4) is 0 Å². The third-order valence-corrected chi connectivity index (χ3v) is 6.99. The van der Waals surface area contributed by atoms with Gasteiger partial charge in [0, 0.05) is 24.7 Å². The first-order valence-corrected chi connectivity index (χ1v) is 11.3. The Balaban J connectivity index is 1.40. The summed E-state index contributed by atoms with van der Waals surface area (Å²) in [6, 6.07) is 14.8. The average Bonchev–Trinajstić information content (AvgIpc) is 3.50. The first kappa shape index (κ1) is 21.1. The van der Waals surface area contributed by atoms with E-state index in [2.05, 4.69) is 5.16 Å². The van der Waals surface area contributed by atoms with Gasteiger partial charge < -0.3 is 14.0 Å². The Morgan fingerprint density at radius 2 is 1.81 bits per heavy atom. The summed E-state index contributed by atoms with van der Waals surface area (Å²) in [6.45, 7) is 0.953. The van der Waals surface area contributed by atoms with Crippen molar-refractivity contribution in [2.24, 2.45) is 0 Å². The lowest BCUT2D eigenvalue weighted by atomic mass is 10.1. The van der Waals surface area contributed by atoms with E-state index in [0.29, 0.717) is 30.3 Å². The average molecular weight is 442 g/mol. The lowest BCUT2D eigenvalue weighted by molar-refractivity contribution is 0.0437. The lowest BCUT2D eigenvalue weighted by Gasteiger charge is -2.15. The van der Waals surface area contributed by atoms with Gasteiger partial charge in [0.05, 0.1) is 17.6 Å². The van der Waals surface area contributed by atoms with Crippen LogP contribution in [0.5, 0.6) is 5.75 Å². The second-order valence-electron chi connectivity index (χ2n) is 7.09. The van der Waals surface area contributed by atoms with Gasteiger partial charge in [-0.25, -0.2) is 13.2 Å². The molecule has 3 aromatic rings. The van der Waals surface area contributed by atoms with E-state index < -0.39 is 16.0 Å². The molecule has 8 nitrogen and oxygen atoms in total. The Morgan fingerprint density at radius 1 is 1.10 bits per heavy atom. The van der Waals surface area contributed by atoms with Gasteiger partial charge in [-0.05, 0) is 49.2 Å². The molecule has 1 aliphatic heterocycles. The molecular formula is C22H22N2O6S. The van der Waals surface area contributed by atoms with E-state index in [0.717, 1.165) is 18.4 Å². The molecule has 1 saturated heterocycles. The molecule has 0 amide bonds. The first-order valence-electron chi connectivity index (χ1n) is 9.85. The quantitative estimate of drug-likeness (QED) is 0.517. The number of esters is 1. The lowest BCUT2D eigenvalue weighted by Crippen LogP contribution is -2.27. The molecule has 0 atom stereocenters. The summed E-state index contributed by atoms with van der Waals surface area (Å²) in [7, 11) is -1.95. The number of hydrogen-bond donors (Lipinski definition) is 0. The highest BCUT2D eigenvalue weighted by atomic mass is 32.2. The highest BCUT2D eigenvalue weighted by molar-refractivity contribution is 7.89. The first-order chi connectivity index (χ1) is 15.0. The van der Waals surface area contributed by atoms with Gasteiger partial charge in [-0.2, -0.15) is 4.31 Å². The van der Waals surface area contributed by atoms with E-state index in [1.54, 1.807) is 13.2 Å². The number of carbonyl (C=O) groups excluding carboxylic acids is 1. The maximum absolute atomic E-state index is 12.6. The third-order valence-electron chi connectivity index (χ3n) is 5.08. The van der Waals surface area contributed by atoms with E-state index in [1.807, 2.05) is 24.3 Å². The van der Waals surface area contributed by atoms with Crippen molar-refractivity contribution < 1.29 is 27.2 Å². The highest BCUT2D eigenvalue weighted by Gasteiger charge is 2.27. The number of methoxy groups -OCH3 is 1. The summed E-state index contributed by atoms with van der Waals surface area (Å²) in [4.78, 5) is 12.5. The largest absolute Gasteiger partial charge is 0.496 e. The van der Waals surface area contributed by atoms with Crippen LogP contribution in [0.2, 0.25) is 0 Å². The number of sulfonamides is 1. The number of ether oxygens (including phenoxy) is 2. The normalized spacial score (nSPS) is 14.5. The third kappa shape index (κ3) is 4.47. The summed E-state index contributed by atoms with van der Waals surface area (Å²) < 4.78 is 42.5. The Hall–Kier alpha value is -3.17. The molecule has 2 aromatic carbocycles. The number of benzene rings is 2. The number of nitrogens with zero attached hydrogens (tertiary/aromatic N) is 2. The summed E-state index contributed by atoms with van der Waals surface area (Å²) in [5.74, 6) is 0.450. The summed E-state index contributed by atoms with van der Waals surface area (Å²) in [5, 5.41) is 4.00. The van der Waals surface area contributed by atoms with Crippen LogP contribution in [0.1, 0.15) is 29.0 Å². The zero-order chi connectivity index (χ0) is 21.8. The minimum Gasteiger partial charge on any atom is -0.496 e. The molecule has 0 N–H and O–H groups in total. The standard InChI is InChI=1S/C22H22N2O6S/c1-28-21-7-3-2-6-19(21)20-14-17(30-23-20)15-29-22(25)16-8-10-18(11-9-16)31(26,27)24-12-4-5-13-24/h2-3,6-11,14H,4-5,12-13,15H2,1H3. The molecule has 1 aliphatic rings. The van der Waals surface area contributed by atoms with Crippen LogP contribution in [0.4, 0.5) is 0 Å². The summed E-state index contributed by atoms with van der Waals surface area (Å²) in [6.07, 6.45) is 1.73. The van der Waals surface area contributed by atoms with Crippen molar-refractivity contribution in [1.82, 2.24) is 9.46 Å². The Kier molecular flexibility index (Phi) is 6.06. The Bertz CT molecular complexity index is 1160. The van der Waals surface area contributed by atoms with Gasteiger partial charge in [0.1, 0.15) is 11.4 Å². The molecule has 0 saturated carbocycles. The fourth-order valence-corrected chi connectivity index (χ4v) is 4.94. The van der Waals surface area contributed by atoms with Gasteiger partial charge in [0.2, 0.25) is 10.0 Å². The molecule has 0 radical (unpaired) electrons. The predicted molar refractivity (Wildman–Crippen MR) is 112 cm³/mol. The summed E-state index contributed by atoms with van der Waals surface area (Å²) >= 11 is 0. The van der Waals surface area contributed by atoms with Gasteiger partial charge in [0.15, 0.2) is 12.4 Å². The SMILES string of the molecule is COc1ccccc1-c1cc(COC(=O)c2ccc(S(=O)(=O)N3CCCC3)cc2)on1. The predicted octanol–water partition coefficient (Wildman–Crippen LogP) is 3.49. The fourth-order valence-electron chi connectivity index (χ4n) is 3.42. The molecule has 4 rings (SSSR count). The number of rotatable bonds is 7. The van der Waals surface area contributed by atoms with Crippen LogP contribution in [0.25, 0.3) is 11.3 Å². The van der Waals surface area contributed by atoms with Crippen LogP contribution in [0.15, 0.2) is 64.0 Å². The zero-order valence-electron chi connectivity index (χ0n) is 17.0. The molecular weight excluding hydrogens is 420 g/mol. The van der Waals surface area contributed by atoms with Crippen LogP contribution in [-0.4, -0.2) is 44.0 Å². The van der Waals surface area contributed by atoms with Crippen LogP contribution < -0.4 is 4.74 Å². The Labute approximate surface area is 180 Å². The van der Waals surface area contributed by atoms with E-state index >= 15 is 0 Å². The van der Waals surface area contributed by atoms with Gasteiger partial charge >= 0.3 is 5.97 Å². The van der Waals surface area contributed by atoms with Gasteiger partial charge in [0.25, 0.3) is 0 Å².